The molecule has 1 aromatic carbocycles. The van der Waals surface area contributed by atoms with E-state index in [1.807, 2.05) is 26.8 Å². The zero-order chi connectivity index (χ0) is 18.9. The number of aromatic hydroxyl groups is 1. The Kier molecular flexibility index (Phi) is 5.12. The van der Waals surface area contributed by atoms with Crippen LogP contribution in [0.5, 0.6) is 5.75 Å². The predicted molar refractivity (Wildman–Crippen MR) is 98.4 cm³/mol. The molecule has 6 heteroatoms. The lowest BCUT2D eigenvalue weighted by atomic mass is 9.88. The van der Waals surface area contributed by atoms with E-state index < -0.39 is 5.60 Å². The van der Waals surface area contributed by atoms with Crippen LogP contribution in [0.15, 0.2) is 18.2 Å². The summed E-state index contributed by atoms with van der Waals surface area (Å²) in [6, 6.07) is 5.45. The highest BCUT2D eigenvalue weighted by atomic mass is 16.6. The van der Waals surface area contributed by atoms with Gasteiger partial charge in [0.15, 0.2) is 0 Å². The van der Waals surface area contributed by atoms with Crippen LogP contribution in [0, 0.1) is 0 Å². The van der Waals surface area contributed by atoms with Crippen molar-refractivity contribution in [2.45, 2.75) is 64.0 Å². The lowest BCUT2D eigenvalue weighted by Gasteiger charge is -2.33. The second-order valence-electron chi connectivity index (χ2n) is 8.26. The summed E-state index contributed by atoms with van der Waals surface area (Å²) in [5.74, 6) is 0.201. The Hall–Kier alpha value is -2.24. The van der Waals surface area contributed by atoms with Crippen LogP contribution < -0.4 is 5.32 Å². The number of hydrogen-bond donors (Lipinski definition) is 2. The molecule has 1 aliphatic carbocycles. The molecule has 6 nitrogen and oxygen atoms in total. The number of ether oxygens (including phenoxy) is 1. The van der Waals surface area contributed by atoms with Crippen molar-refractivity contribution < 1.29 is 19.4 Å². The first kappa shape index (κ1) is 18.5. The summed E-state index contributed by atoms with van der Waals surface area (Å²) in [5, 5.41) is 13.3. The highest BCUT2D eigenvalue weighted by Gasteiger charge is 2.29. The summed E-state index contributed by atoms with van der Waals surface area (Å²) in [6.45, 7) is 6.77. The van der Waals surface area contributed by atoms with Crippen LogP contribution in [0.1, 0.15) is 68.3 Å². The topological polar surface area (TPSA) is 78.9 Å². The highest BCUT2D eigenvalue weighted by Crippen LogP contribution is 2.34. The van der Waals surface area contributed by atoms with Crippen molar-refractivity contribution in [2.24, 2.45) is 0 Å². The van der Waals surface area contributed by atoms with E-state index in [1.54, 1.807) is 17.0 Å². The molecule has 2 N–H and O–H groups in total. The number of amides is 2. The fraction of sp³-hybridized carbons (Fsp3) is 0.600. The molecule has 1 heterocycles. The van der Waals surface area contributed by atoms with Crippen LogP contribution in [0.2, 0.25) is 0 Å². The molecule has 26 heavy (non-hydrogen) atoms. The summed E-state index contributed by atoms with van der Waals surface area (Å²) < 4.78 is 5.41. The van der Waals surface area contributed by atoms with Gasteiger partial charge in [-0.2, -0.15) is 0 Å². The molecule has 3 rings (SSSR count). The number of carbonyl (C=O) groups is 2. The first-order chi connectivity index (χ1) is 12.2. The van der Waals surface area contributed by atoms with Crippen LogP contribution in [0.25, 0.3) is 0 Å². The summed E-state index contributed by atoms with van der Waals surface area (Å²) in [5.41, 5.74) is 0.837. The summed E-state index contributed by atoms with van der Waals surface area (Å²) >= 11 is 0. The number of phenolic OH excluding ortho intramolecular Hbond substituents is 1. The van der Waals surface area contributed by atoms with Crippen LogP contribution in [0.4, 0.5) is 4.79 Å². The van der Waals surface area contributed by atoms with Crippen molar-refractivity contribution in [3.63, 3.8) is 0 Å². The van der Waals surface area contributed by atoms with Gasteiger partial charge in [0, 0.05) is 24.7 Å². The molecule has 1 aromatic rings. The van der Waals surface area contributed by atoms with Crippen LogP contribution in [0.3, 0.4) is 0 Å². The van der Waals surface area contributed by atoms with Gasteiger partial charge >= 0.3 is 6.09 Å². The van der Waals surface area contributed by atoms with Gasteiger partial charge in [-0.3, -0.25) is 4.79 Å². The third-order valence-electron chi connectivity index (χ3n) is 4.79. The number of nitrogens with one attached hydrogen (secondary N) is 1. The van der Waals surface area contributed by atoms with Gasteiger partial charge in [-0.25, -0.2) is 4.79 Å². The molecule has 0 unspecified atom stereocenters. The molecule has 0 radical (unpaired) electrons. The Morgan fingerprint density at radius 1 is 1.15 bits per heavy atom. The van der Waals surface area contributed by atoms with Crippen LogP contribution >= 0.6 is 0 Å². The van der Waals surface area contributed by atoms with Crippen molar-refractivity contribution in [2.75, 3.05) is 13.1 Å². The molecule has 1 saturated carbocycles. The zero-order valence-corrected chi connectivity index (χ0v) is 15.7. The number of benzene rings is 1. The number of carbonyl (C=O) groups excluding carboxylic acids is 2. The van der Waals surface area contributed by atoms with E-state index in [1.165, 1.54) is 0 Å². The molecule has 0 atom stereocenters. The standard InChI is InChI=1S/C20H28N2O4/c1-20(2,3)26-19(25)22-10-8-13(9-11-22)16-7-4-14(12-17(16)23)18(24)21-15-5-6-15/h4,7,12-13,15,23H,5-6,8-11H2,1-3H3,(H,21,24). The molecular weight excluding hydrogens is 332 g/mol. The summed E-state index contributed by atoms with van der Waals surface area (Å²) in [6.07, 6.45) is 3.31. The van der Waals surface area contributed by atoms with Crippen molar-refractivity contribution in [1.82, 2.24) is 10.2 Å². The van der Waals surface area contributed by atoms with Gasteiger partial charge < -0.3 is 20.1 Å². The van der Waals surface area contributed by atoms with Crippen molar-refractivity contribution in [1.29, 1.82) is 0 Å². The van der Waals surface area contributed by atoms with E-state index in [2.05, 4.69) is 5.32 Å². The van der Waals surface area contributed by atoms with Gasteiger partial charge in [0.1, 0.15) is 11.4 Å². The van der Waals surface area contributed by atoms with E-state index in [-0.39, 0.29) is 23.7 Å². The summed E-state index contributed by atoms with van der Waals surface area (Å²) in [7, 11) is 0. The van der Waals surface area contributed by atoms with Crippen molar-refractivity contribution in [3.8, 4) is 5.75 Å². The Morgan fingerprint density at radius 3 is 2.35 bits per heavy atom. The van der Waals surface area contributed by atoms with Crippen LogP contribution in [-0.4, -0.2) is 46.7 Å². The van der Waals surface area contributed by atoms with Gasteiger partial charge in [-0.05, 0) is 70.1 Å². The van der Waals surface area contributed by atoms with Gasteiger partial charge in [0.25, 0.3) is 5.91 Å². The fourth-order valence-corrected chi connectivity index (χ4v) is 3.23. The number of hydrogen-bond acceptors (Lipinski definition) is 4. The third kappa shape index (κ3) is 4.68. The average molecular weight is 360 g/mol. The monoisotopic (exact) mass is 360 g/mol. The molecule has 0 aromatic heterocycles. The molecule has 2 aliphatic rings. The fourth-order valence-electron chi connectivity index (χ4n) is 3.23. The Balaban J connectivity index is 1.58. The molecule has 0 bridgehead atoms. The number of rotatable bonds is 3. The van der Waals surface area contributed by atoms with Crippen molar-refractivity contribution >= 4 is 12.0 Å². The van der Waals surface area contributed by atoms with E-state index in [0.717, 1.165) is 31.2 Å². The number of phenols is 1. The minimum atomic E-state index is -0.497. The minimum Gasteiger partial charge on any atom is -0.508 e. The van der Waals surface area contributed by atoms with Gasteiger partial charge in [-0.15, -0.1) is 0 Å². The van der Waals surface area contributed by atoms with E-state index in [0.29, 0.717) is 24.7 Å². The Bertz CT molecular complexity index is 684. The molecule has 0 spiro atoms. The molecule has 1 aliphatic heterocycles. The van der Waals surface area contributed by atoms with Gasteiger partial charge in [-0.1, -0.05) is 6.07 Å². The average Bonchev–Trinajstić information content (AvgIpc) is 3.37. The maximum atomic E-state index is 12.1. The molecule has 2 fully saturated rings. The molecule has 142 valence electrons. The second kappa shape index (κ2) is 7.17. The van der Waals surface area contributed by atoms with Gasteiger partial charge in [0.2, 0.25) is 0 Å². The minimum absolute atomic E-state index is 0.130. The maximum absolute atomic E-state index is 12.1. The number of piperidine rings is 1. The molecule has 1 saturated heterocycles. The van der Waals surface area contributed by atoms with Crippen LogP contribution in [-0.2, 0) is 4.74 Å². The summed E-state index contributed by atoms with van der Waals surface area (Å²) in [4.78, 5) is 26.0. The number of likely N-dealkylation sites (tertiary alicyclic amines) is 1. The maximum Gasteiger partial charge on any atom is 0.410 e. The molecule has 2 amide bonds. The van der Waals surface area contributed by atoms with Gasteiger partial charge in [0.05, 0.1) is 0 Å². The zero-order valence-electron chi connectivity index (χ0n) is 15.7. The highest BCUT2D eigenvalue weighted by molar-refractivity contribution is 5.95. The van der Waals surface area contributed by atoms with Crippen molar-refractivity contribution in [3.05, 3.63) is 29.3 Å². The smallest absolute Gasteiger partial charge is 0.410 e. The first-order valence-corrected chi connectivity index (χ1v) is 9.34. The second-order valence-corrected chi connectivity index (χ2v) is 8.26. The third-order valence-corrected chi connectivity index (χ3v) is 4.79. The van der Waals surface area contributed by atoms with E-state index in [4.69, 9.17) is 4.74 Å². The number of nitrogens with zero attached hydrogens (tertiary/aromatic N) is 1. The lowest BCUT2D eigenvalue weighted by Crippen LogP contribution is -2.41. The quantitative estimate of drug-likeness (QED) is 0.866. The normalized spacial score (nSPS) is 18.5. The van der Waals surface area contributed by atoms with E-state index in [9.17, 15) is 14.7 Å². The predicted octanol–water partition coefficient (Wildman–Crippen LogP) is 3.40. The Morgan fingerprint density at radius 2 is 1.81 bits per heavy atom. The Labute approximate surface area is 154 Å². The SMILES string of the molecule is CC(C)(C)OC(=O)N1CCC(c2ccc(C(=O)NC3CC3)cc2O)CC1. The largest absolute Gasteiger partial charge is 0.508 e. The van der Waals surface area contributed by atoms with E-state index >= 15 is 0 Å². The lowest BCUT2D eigenvalue weighted by molar-refractivity contribution is 0.0204. The first-order valence-electron chi connectivity index (χ1n) is 9.34. The molecular formula is C20H28N2O4.